The highest BCUT2D eigenvalue weighted by molar-refractivity contribution is 7.89. The Balaban J connectivity index is 1.96. The number of rotatable bonds is 4. The Morgan fingerprint density at radius 3 is 2.50 bits per heavy atom. The Morgan fingerprint density at radius 2 is 1.83 bits per heavy atom. The van der Waals surface area contributed by atoms with E-state index in [-0.39, 0.29) is 22.0 Å². The fourth-order valence-electron chi connectivity index (χ4n) is 2.70. The third-order valence-electron chi connectivity index (χ3n) is 4.01. The minimum Gasteiger partial charge on any atom is -0.310 e. The zero-order valence-electron chi connectivity index (χ0n) is 12.8. The molecule has 5 nitrogen and oxygen atoms in total. The lowest BCUT2D eigenvalue weighted by Crippen LogP contribution is -2.29. The van der Waals surface area contributed by atoms with Gasteiger partial charge >= 0.3 is 0 Å². The van der Waals surface area contributed by atoms with Crippen LogP contribution in [0.4, 0.5) is 4.39 Å². The van der Waals surface area contributed by atoms with Crippen LogP contribution >= 0.6 is 11.6 Å². The molecule has 1 aromatic heterocycles. The van der Waals surface area contributed by atoms with Crippen molar-refractivity contribution in [2.75, 3.05) is 13.1 Å². The van der Waals surface area contributed by atoms with E-state index in [0.717, 1.165) is 18.9 Å². The molecule has 1 aliphatic rings. The molecule has 0 bridgehead atoms. The first kappa shape index (κ1) is 17.1. The van der Waals surface area contributed by atoms with Crippen molar-refractivity contribution in [3.63, 3.8) is 0 Å². The lowest BCUT2D eigenvalue weighted by molar-refractivity contribution is 0.476. The molecule has 2 aromatic rings. The summed E-state index contributed by atoms with van der Waals surface area (Å²) in [6.45, 7) is 1.05. The maximum absolute atomic E-state index is 13.1. The van der Waals surface area contributed by atoms with Crippen LogP contribution in [0.15, 0.2) is 46.2 Å². The molecule has 0 saturated carbocycles. The summed E-state index contributed by atoms with van der Waals surface area (Å²) in [5.41, 5.74) is 0.187. The summed E-state index contributed by atoms with van der Waals surface area (Å²) in [7, 11) is -3.61. The third-order valence-corrected chi connectivity index (χ3v) is 6.25. The highest BCUT2D eigenvalue weighted by Crippen LogP contribution is 2.21. The van der Waals surface area contributed by atoms with Crippen LogP contribution in [0.2, 0.25) is 5.02 Å². The van der Waals surface area contributed by atoms with E-state index >= 15 is 0 Å². The van der Waals surface area contributed by atoms with Gasteiger partial charge in [-0.2, -0.15) is 4.31 Å². The summed E-state index contributed by atoms with van der Waals surface area (Å²) in [6.07, 6.45) is 2.99. The first-order valence-electron chi connectivity index (χ1n) is 7.52. The van der Waals surface area contributed by atoms with Gasteiger partial charge in [0.1, 0.15) is 5.82 Å². The molecule has 1 fully saturated rings. The van der Waals surface area contributed by atoms with Gasteiger partial charge in [0.15, 0.2) is 0 Å². The van der Waals surface area contributed by atoms with Gasteiger partial charge in [-0.05, 0) is 36.6 Å². The average Bonchev–Trinajstić information content (AvgIpc) is 3.07. The topological polar surface area (TPSA) is 59.4 Å². The normalized spacial score (nSPS) is 15.8. The van der Waals surface area contributed by atoms with E-state index in [9.17, 15) is 17.6 Å². The maximum Gasteiger partial charge on any atom is 0.250 e. The summed E-state index contributed by atoms with van der Waals surface area (Å²) in [5, 5.41) is 0.190. The number of sulfonamides is 1. The van der Waals surface area contributed by atoms with E-state index in [1.54, 1.807) is 0 Å². The molecule has 2 heterocycles. The summed E-state index contributed by atoms with van der Waals surface area (Å²) in [5.74, 6) is -0.471. The zero-order valence-corrected chi connectivity index (χ0v) is 14.4. The molecular weight excluding hydrogens is 355 g/mol. The molecule has 0 amide bonds. The lowest BCUT2D eigenvalue weighted by atomic mass is 10.2. The molecule has 0 spiro atoms. The van der Waals surface area contributed by atoms with Crippen molar-refractivity contribution in [1.82, 2.24) is 8.87 Å². The van der Waals surface area contributed by atoms with Crippen LogP contribution in [0.1, 0.15) is 18.4 Å². The molecular formula is C16H16ClFN2O3S. The average molecular weight is 371 g/mol. The van der Waals surface area contributed by atoms with Crippen LogP contribution in [0.25, 0.3) is 0 Å². The molecule has 1 saturated heterocycles. The zero-order chi connectivity index (χ0) is 17.3. The fraction of sp³-hybridized carbons (Fsp3) is 0.312. The molecule has 0 N–H and O–H groups in total. The van der Waals surface area contributed by atoms with Crippen LogP contribution in [0.3, 0.4) is 0 Å². The van der Waals surface area contributed by atoms with Gasteiger partial charge in [0.25, 0.3) is 5.56 Å². The number of halogens is 2. The van der Waals surface area contributed by atoms with E-state index in [1.165, 1.54) is 39.3 Å². The van der Waals surface area contributed by atoms with E-state index in [4.69, 9.17) is 11.6 Å². The quantitative estimate of drug-likeness (QED) is 0.830. The number of pyridine rings is 1. The molecule has 0 radical (unpaired) electrons. The predicted molar refractivity (Wildman–Crippen MR) is 89.2 cm³/mol. The highest BCUT2D eigenvalue weighted by Gasteiger charge is 2.27. The number of aromatic nitrogens is 1. The molecule has 0 unspecified atom stereocenters. The molecule has 1 aliphatic heterocycles. The first-order chi connectivity index (χ1) is 11.4. The second-order valence-corrected chi connectivity index (χ2v) is 8.02. The number of benzene rings is 1. The van der Waals surface area contributed by atoms with Gasteiger partial charge in [0.05, 0.1) is 11.4 Å². The molecule has 3 rings (SSSR count). The lowest BCUT2D eigenvalue weighted by Gasteiger charge is -2.16. The molecule has 8 heteroatoms. The summed E-state index contributed by atoms with van der Waals surface area (Å²) < 4.78 is 41.0. The molecule has 24 heavy (non-hydrogen) atoms. The van der Waals surface area contributed by atoms with Crippen LogP contribution in [-0.2, 0) is 16.6 Å². The molecule has 128 valence electrons. The van der Waals surface area contributed by atoms with Gasteiger partial charge in [-0.1, -0.05) is 17.7 Å². The van der Waals surface area contributed by atoms with Crippen molar-refractivity contribution in [2.45, 2.75) is 24.3 Å². The molecule has 1 aromatic carbocycles. The fourth-order valence-corrected chi connectivity index (χ4v) is 4.46. The Kier molecular flexibility index (Phi) is 4.76. The monoisotopic (exact) mass is 370 g/mol. The summed E-state index contributed by atoms with van der Waals surface area (Å²) >= 11 is 5.98. The van der Waals surface area contributed by atoms with Crippen molar-refractivity contribution in [1.29, 1.82) is 0 Å². The second kappa shape index (κ2) is 6.66. The third kappa shape index (κ3) is 3.38. The van der Waals surface area contributed by atoms with E-state index < -0.39 is 15.8 Å². The predicted octanol–water partition coefficient (Wildman–Crippen LogP) is 2.47. The molecule has 0 aliphatic carbocycles. The SMILES string of the molecule is O=c1ccc(S(=O)(=O)N2CCCC2)cn1Cc1ccc(F)cc1Cl. The van der Waals surface area contributed by atoms with Crippen molar-refractivity contribution in [2.24, 2.45) is 0 Å². The van der Waals surface area contributed by atoms with Crippen LogP contribution < -0.4 is 5.56 Å². The first-order valence-corrected chi connectivity index (χ1v) is 9.34. The van der Waals surface area contributed by atoms with Crippen molar-refractivity contribution in [3.05, 3.63) is 63.3 Å². The van der Waals surface area contributed by atoms with Crippen molar-refractivity contribution < 1.29 is 12.8 Å². The van der Waals surface area contributed by atoms with Crippen LogP contribution in [-0.4, -0.2) is 30.4 Å². The summed E-state index contributed by atoms with van der Waals surface area (Å²) in [6, 6.07) is 6.43. The Hall–Kier alpha value is -1.70. The Labute approximate surface area is 144 Å². The van der Waals surface area contributed by atoms with Crippen LogP contribution in [0, 0.1) is 5.82 Å². The van der Waals surface area contributed by atoms with Crippen LogP contribution in [0.5, 0.6) is 0 Å². The van der Waals surface area contributed by atoms with Gasteiger partial charge in [-0.15, -0.1) is 0 Å². The Morgan fingerprint density at radius 1 is 1.12 bits per heavy atom. The minimum atomic E-state index is -3.61. The van der Waals surface area contributed by atoms with Crippen molar-refractivity contribution >= 4 is 21.6 Å². The van der Waals surface area contributed by atoms with Crippen molar-refractivity contribution in [3.8, 4) is 0 Å². The summed E-state index contributed by atoms with van der Waals surface area (Å²) in [4.78, 5) is 12.1. The highest BCUT2D eigenvalue weighted by atomic mass is 35.5. The van der Waals surface area contributed by atoms with E-state index in [1.807, 2.05) is 0 Å². The van der Waals surface area contributed by atoms with E-state index in [2.05, 4.69) is 0 Å². The minimum absolute atomic E-state index is 0.0707. The smallest absolute Gasteiger partial charge is 0.250 e. The van der Waals surface area contributed by atoms with E-state index in [0.29, 0.717) is 18.7 Å². The standard InChI is InChI=1S/C16H16ClFN2O3S/c17-15-9-13(18)4-3-12(15)10-19-11-14(5-6-16(19)21)24(22,23)20-7-1-2-8-20/h3-6,9,11H,1-2,7-8,10H2. The molecule has 0 atom stereocenters. The van der Waals surface area contributed by atoms with Gasteiger partial charge in [0.2, 0.25) is 10.0 Å². The van der Waals surface area contributed by atoms with Gasteiger partial charge in [-0.3, -0.25) is 4.79 Å². The van der Waals surface area contributed by atoms with Gasteiger partial charge in [-0.25, -0.2) is 12.8 Å². The number of hydrogen-bond donors (Lipinski definition) is 0. The van der Waals surface area contributed by atoms with Gasteiger partial charge < -0.3 is 4.57 Å². The second-order valence-electron chi connectivity index (χ2n) is 5.68. The van der Waals surface area contributed by atoms with Gasteiger partial charge in [0, 0.05) is 30.4 Å². The largest absolute Gasteiger partial charge is 0.310 e. The Bertz CT molecular complexity index is 921. The number of nitrogens with zero attached hydrogens (tertiary/aromatic N) is 2. The maximum atomic E-state index is 13.1. The number of hydrogen-bond acceptors (Lipinski definition) is 3.